The summed E-state index contributed by atoms with van der Waals surface area (Å²) >= 11 is 0. The number of aliphatic hydroxyl groups is 2. The molecule has 2 heterocycles. The van der Waals surface area contributed by atoms with Crippen LogP contribution < -0.4 is 11.2 Å². The van der Waals surface area contributed by atoms with E-state index in [1.165, 1.54) is 6.20 Å². The summed E-state index contributed by atoms with van der Waals surface area (Å²) in [6.07, 6.45) is -4.24. The zero-order chi connectivity index (χ0) is 14.2. The zero-order valence-electron chi connectivity index (χ0n) is 10.2. The molecule has 0 aromatic carbocycles. The van der Waals surface area contributed by atoms with Crippen molar-refractivity contribution < 1.29 is 19.3 Å². The standard InChI is InChI=1S/C11H15FN2O5/c1-2-5-3-14(11(18)13-9(5)17)10-7(12)8(16)6(4-15)19-10/h3,6-8,10,15-16H,2,4H2,1H3,(H,13,17,18)/t6-,7+,8-,10+/m0/s1. The number of hydrogen-bond donors (Lipinski definition) is 3. The van der Waals surface area contributed by atoms with E-state index >= 15 is 0 Å². The van der Waals surface area contributed by atoms with Crippen molar-refractivity contribution in [3.8, 4) is 0 Å². The Labute approximate surface area is 107 Å². The second kappa shape index (κ2) is 5.24. The maximum atomic E-state index is 13.9. The van der Waals surface area contributed by atoms with Gasteiger partial charge in [0.2, 0.25) is 0 Å². The lowest BCUT2D eigenvalue weighted by molar-refractivity contribution is -0.0492. The maximum Gasteiger partial charge on any atom is 0.330 e. The Morgan fingerprint density at radius 1 is 1.53 bits per heavy atom. The average Bonchev–Trinajstić information content (AvgIpc) is 2.67. The van der Waals surface area contributed by atoms with Crippen molar-refractivity contribution in [3.05, 3.63) is 32.6 Å². The van der Waals surface area contributed by atoms with Gasteiger partial charge in [0.05, 0.1) is 6.61 Å². The molecule has 0 spiro atoms. The number of rotatable bonds is 3. The van der Waals surface area contributed by atoms with Crippen LogP contribution in [0.1, 0.15) is 18.7 Å². The van der Waals surface area contributed by atoms with Gasteiger partial charge < -0.3 is 14.9 Å². The number of hydrogen-bond acceptors (Lipinski definition) is 5. The van der Waals surface area contributed by atoms with Crippen molar-refractivity contribution in [2.75, 3.05) is 6.61 Å². The molecule has 0 amide bonds. The van der Waals surface area contributed by atoms with Crippen LogP contribution in [0.2, 0.25) is 0 Å². The quantitative estimate of drug-likeness (QED) is 0.634. The number of nitrogens with zero attached hydrogens (tertiary/aromatic N) is 1. The van der Waals surface area contributed by atoms with Crippen LogP contribution in [0, 0.1) is 0 Å². The molecule has 0 saturated carbocycles. The van der Waals surface area contributed by atoms with Crippen molar-refractivity contribution in [2.45, 2.75) is 38.0 Å². The highest BCUT2D eigenvalue weighted by molar-refractivity contribution is 5.05. The number of alkyl halides is 1. The van der Waals surface area contributed by atoms with Gasteiger partial charge in [-0.3, -0.25) is 14.3 Å². The Morgan fingerprint density at radius 3 is 2.74 bits per heavy atom. The molecule has 3 N–H and O–H groups in total. The minimum absolute atomic E-state index is 0.303. The maximum absolute atomic E-state index is 13.9. The molecule has 0 aliphatic carbocycles. The van der Waals surface area contributed by atoms with Crippen molar-refractivity contribution in [1.82, 2.24) is 9.55 Å². The fourth-order valence-corrected chi connectivity index (χ4v) is 2.05. The molecule has 2 rings (SSSR count). The van der Waals surface area contributed by atoms with Crippen LogP contribution in [0.3, 0.4) is 0 Å². The van der Waals surface area contributed by atoms with Crippen molar-refractivity contribution in [3.63, 3.8) is 0 Å². The van der Waals surface area contributed by atoms with Gasteiger partial charge in [0.1, 0.15) is 12.2 Å². The number of nitrogens with one attached hydrogen (secondary N) is 1. The summed E-state index contributed by atoms with van der Waals surface area (Å²) in [4.78, 5) is 25.1. The van der Waals surface area contributed by atoms with Gasteiger partial charge in [0.25, 0.3) is 5.56 Å². The molecule has 8 heteroatoms. The molecule has 1 aromatic heterocycles. The highest BCUT2D eigenvalue weighted by atomic mass is 19.1. The third-order valence-corrected chi connectivity index (χ3v) is 3.17. The fourth-order valence-electron chi connectivity index (χ4n) is 2.05. The van der Waals surface area contributed by atoms with E-state index in [9.17, 15) is 19.1 Å². The molecule has 4 atom stereocenters. The highest BCUT2D eigenvalue weighted by Crippen LogP contribution is 2.30. The van der Waals surface area contributed by atoms with E-state index in [1.807, 2.05) is 0 Å². The van der Waals surface area contributed by atoms with Gasteiger partial charge in [0, 0.05) is 11.8 Å². The van der Waals surface area contributed by atoms with E-state index in [-0.39, 0.29) is 0 Å². The molecule has 1 aliphatic heterocycles. The van der Waals surface area contributed by atoms with Crippen LogP contribution in [-0.4, -0.2) is 44.8 Å². The predicted octanol–water partition coefficient (Wildman–Crippen LogP) is -1.31. The summed E-state index contributed by atoms with van der Waals surface area (Å²) in [5, 5.41) is 18.5. The molecule has 1 aliphatic rings. The van der Waals surface area contributed by atoms with Gasteiger partial charge in [-0.15, -0.1) is 0 Å². The SMILES string of the molecule is CCc1cn([C@@H]2O[C@@H](CO)[C@H](O)[C@H]2F)c(=O)[nH]c1=O. The van der Waals surface area contributed by atoms with Crippen molar-refractivity contribution >= 4 is 0 Å². The molecule has 19 heavy (non-hydrogen) atoms. The third-order valence-electron chi connectivity index (χ3n) is 3.17. The first-order valence-corrected chi connectivity index (χ1v) is 5.92. The Bertz CT molecular complexity index is 569. The van der Waals surface area contributed by atoms with Gasteiger partial charge in [0.15, 0.2) is 12.4 Å². The molecule has 1 fully saturated rings. The summed E-state index contributed by atoms with van der Waals surface area (Å²) in [5.74, 6) is 0. The summed E-state index contributed by atoms with van der Waals surface area (Å²) < 4.78 is 19.9. The van der Waals surface area contributed by atoms with E-state index in [4.69, 9.17) is 9.84 Å². The summed E-state index contributed by atoms with van der Waals surface area (Å²) in [6, 6.07) is 0. The third kappa shape index (κ3) is 2.34. The first kappa shape index (κ1) is 13.9. The van der Waals surface area contributed by atoms with Gasteiger partial charge >= 0.3 is 5.69 Å². The predicted molar refractivity (Wildman–Crippen MR) is 62.6 cm³/mol. The number of aromatic amines is 1. The monoisotopic (exact) mass is 274 g/mol. The molecule has 0 bridgehead atoms. The second-order valence-electron chi connectivity index (χ2n) is 4.36. The number of halogens is 1. The Hall–Kier alpha value is -1.51. The molecular formula is C11H15FN2O5. The van der Waals surface area contributed by atoms with E-state index < -0.39 is 42.5 Å². The van der Waals surface area contributed by atoms with Crippen molar-refractivity contribution in [1.29, 1.82) is 0 Å². The molecule has 1 aromatic rings. The van der Waals surface area contributed by atoms with E-state index in [1.54, 1.807) is 6.92 Å². The minimum atomic E-state index is -1.86. The van der Waals surface area contributed by atoms with Gasteiger partial charge in [-0.05, 0) is 6.42 Å². The molecule has 7 nitrogen and oxygen atoms in total. The summed E-state index contributed by atoms with van der Waals surface area (Å²) in [6.45, 7) is 1.16. The van der Waals surface area contributed by atoms with Gasteiger partial charge in [-0.2, -0.15) is 0 Å². The lowest BCUT2D eigenvalue weighted by atomic mass is 10.1. The smallest absolute Gasteiger partial charge is 0.330 e. The fraction of sp³-hybridized carbons (Fsp3) is 0.636. The molecule has 0 unspecified atom stereocenters. The molecule has 1 saturated heterocycles. The first-order valence-electron chi connectivity index (χ1n) is 5.92. The lowest BCUT2D eigenvalue weighted by Crippen LogP contribution is -2.37. The Kier molecular flexibility index (Phi) is 3.83. The van der Waals surface area contributed by atoms with Crippen LogP contribution in [0.15, 0.2) is 15.8 Å². The molecular weight excluding hydrogens is 259 g/mol. The van der Waals surface area contributed by atoms with E-state index in [0.717, 1.165) is 4.57 Å². The van der Waals surface area contributed by atoms with Crippen LogP contribution >= 0.6 is 0 Å². The molecule has 0 radical (unpaired) electrons. The molecule has 106 valence electrons. The second-order valence-corrected chi connectivity index (χ2v) is 4.36. The normalized spacial score (nSPS) is 30.7. The number of aromatic nitrogens is 2. The van der Waals surface area contributed by atoms with Crippen LogP contribution in [-0.2, 0) is 11.2 Å². The van der Waals surface area contributed by atoms with Crippen LogP contribution in [0.4, 0.5) is 4.39 Å². The number of aryl methyl sites for hydroxylation is 1. The Morgan fingerprint density at radius 2 is 2.21 bits per heavy atom. The van der Waals surface area contributed by atoms with Crippen LogP contribution in [0.5, 0.6) is 0 Å². The highest BCUT2D eigenvalue weighted by Gasteiger charge is 2.45. The zero-order valence-corrected chi connectivity index (χ0v) is 10.2. The van der Waals surface area contributed by atoms with Gasteiger partial charge in [-0.25, -0.2) is 9.18 Å². The largest absolute Gasteiger partial charge is 0.394 e. The minimum Gasteiger partial charge on any atom is -0.394 e. The number of H-pyrrole nitrogens is 1. The topological polar surface area (TPSA) is 105 Å². The lowest BCUT2D eigenvalue weighted by Gasteiger charge is -2.16. The Balaban J connectivity index is 2.43. The summed E-state index contributed by atoms with van der Waals surface area (Å²) in [7, 11) is 0. The summed E-state index contributed by atoms with van der Waals surface area (Å²) in [5.41, 5.74) is -1.05. The van der Waals surface area contributed by atoms with E-state index in [0.29, 0.717) is 12.0 Å². The van der Waals surface area contributed by atoms with Crippen molar-refractivity contribution in [2.24, 2.45) is 0 Å². The number of ether oxygens (including phenoxy) is 1. The van der Waals surface area contributed by atoms with Gasteiger partial charge in [-0.1, -0.05) is 6.92 Å². The average molecular weight is 274 g/mol. The first-order chi connectivity index (χ1) is 8.99. The van der Waals surface area contributed by atoms with Crippen LogP contribution in [0.25, 0.3) is 0 Å². The number of aliphatic hydroxyl groups excluding tert-OH is 2. The van der Waals surface area contributed by atoms with E-state index in [2.05, 4.69) is 4.98 Å².